The highest BCUT2D eigenvalue weighted by molar-refractivity contribution is 5.91. The van der Waals surface area contributed by atoms with Gasteiger partial charge in [0.2, 0.25) is 0 Å². The highest BCUT2D eigenvalue weighted by Gasteiger charge is 2.24. The van der Waals surface area contributed by atoms with E-state index in [1.807, 2.05) is 24.3 Å². The summed E-state index contributed by atoms with van der Waals surface area (Å²) in [6.45, 7) is 6.37. The van der Waals surface area contributed by atoms with E-state index in [0.29, 0.717) is 12.1 Å². The maximum atomic E-state index is 4.95. The summed E-state index contributed by atoms with van der Waals surface area (Å²) in [5, 5.41) is 4.71. The molecule has 1 N–H and O–H groups in total. The van der Waals surface area contributed by atoms with Gasteiger partial charge in [0.15, 0.2) is 5.82 Å². The van der Waals surface area contributed by atoms with E-state index >= 15 is 0 Å². The minimum Gasteiger partial charge on any atom is -0.353 e. The van der Waals surface area contributed by atoms with Crippen LogP contribution in [0.25, 0.3) is 22.3 Å². The molecule has 2 heterocycles. The van der Waals surface area contributed by atoms with Gasteiger partial charge < -0.3 is 10.2 Å². The number of hydrogen-bond acceptors (Lipinski definition) is 4. The Hall–Kier alpha value is -2.46. The fraction of sp³-hybridized carbons (Fsp3) is 0.300. The Morgan fingerprint density at radius 1 is 0.875 bits per heavy atom. The van der Waals surface area contributed by atoms with Crippen LogP contribution in [-0.4, -0.2) is 35.1 Å². The van der Waals surface area contributed by atoms with E-state index in [0.717, 1.165) is 41.2 Å². The number of rotatable bonds is 2. The van der Waals surface area contributed by atoms with Gasteiger partial charge in [0.25, 0.3) is 0 Å². The Labute approximate surface area is 142 Å². The van der Waals surface area contributed by atoms with Gasteiger partial charge in [-0.1, -0.05) is 42.5 Å². The Bertz CT molecular complexity index is 837. The first-order valence-corrected chi connectivity index (χ1v) is 8.54. The second-order valence-corrected chi connectivity index (χ2v) is 6.63. The topological polar surface area (TPSA) is 41.1 Å². The van der Waals surface area contributed by atoms with E-state index in [4.69, 9.17) is 9.97 Å². The second kappa shape index (κ2) is 6.21. The van der Waals surface area contributed by atoms with Crippen LogP contribution in [0.4, 0.5) is 5.82 Å². The van der Waals surface area contributed by atoms with Crippen molar-refractivity contribution in [2.75, 3.05) is 18.0 Å². The molecule has 4 heteroatoms. The van der Waals surface area contributed by atoms with Gasteiger partial charge >= 0.3 is 0 Å². The van der Waals surface area contributed by atoms with Gasteiger partial charge in [-0.3, -0.25) is 0 Å². The molecule has 1 fully saturated rings. The number of aromatic nitrogens is 2. The van der Waals surface area contributed by atoms with Crippen LogP contribution < -0.4 is 10.2 Å². The minimum absolute atomic E-state index is 0.447. The molecule has 1 saturated heterocycles. The van der Waals surface area contributed by atoms with Gasteiger partial charge in [-0.25, -0.2) is 9.97 Å². The second-order valence-electron chi connectivity index (χ2n) is 6.63. The molecule has 0 spiro atoms. The van der Waals surface area contributed by atoms with Crippen LogP contribution in [0.5, 0.6) is 0 Å². The maximum Gasteiger partial charge on any atom is 0.162 e. The summed E-state index contributed by atoms with van der Waals surface area (Å²) in [5.74, 6) is 1.84. The molecule has 0 aliphatic carbocycles. The van der Waals surface area contributed by atoms with Gasteiger partial charge in [-0.2, -0.15) is 0 Å². The van der Waals surface area contributed by atoms with Gasteiger partial charge in [-0.05, 0) is 26.0 Å². The normalized spacial score (nSPS) is 21.2. The number of benzene rings is 2. The molecule has 0 saturated carbocycles. The molecule has 1 aliphatic rings. The monoisotopic (exact) mass is 318 g/mol. The number of piperazine rings is 1. The van der Waals surface area contributed by atoms with Crippen molar-refractivity contribution in [2.45, 2.75) is 25.9 Å². The first-order valence-electron chi connectivity index (χ1n) is 8.54. The third kappa shape index (κ3) is 2.85. The van der Waals surface area contributed by atoms with E-state index < -0.39 is 0 Å². The molecule has 3 aromatic rings. The smallest absolute Gasteiger partial charge is 0.162 e. The zero-order chi connectivity index (χ0) is 16.5. The van der Waals surface area contributed by atoms with Gasteiger partial charge in [0, 0.05) is 36.1 Å². The van der Waals surface area contributed by atoms with Crippen molar-refractivity contribution in [2.24, 2.45) is 0 Å². The number of nitrogens with one attached hydrogen (secondary N) is 1. The summed E-state index contributed by atoms with van der Waals surface area (Å²) in [5.41, 5.74) is 2.06. The molecular weight excluding hydrogens is 296 g/mol. The molecule has 24 heavy (non-hydrogen) atoms. The quantitative estimate of drug-likeness (QED) is 0.785. The predicted octanol–water partition coefficient (Wildman–Crippen LogP) is 3.48. The molecule has 1 aliphatic heterocycles. The zero-order valence-corrected chi connectivity index (χ0v) is 14.1. The minimum atomic E-state index is 0.447. The summed E-state index contributed by atoms with van der Waals surface area (Å²) in [4.78, 5) is 12.1. The number of anilines is 1. The van der Waals surface area contributed by atoms with E-state index in [-0.39, 0.29) is 0 Å². The Morgan fingerprint density at radius 2 is 1.54 bits per heavy atom. The highest BCUT2D eigenvalue weighted by atomic mass is 15.3. The Balaban J connectivity index is 1.87. The van der Waals surface area contributed by atoms with E-state index in [9.17, 15) is 0 Å². The molecule has 1 aromatic heterocycles. The van der Waals surface area contributed by atoms with Crippen molar-refractivity contribution in [3.05, 3.63) is 54.6 Å². The van der Waals surface area contributed by atoms with Crippen LogP contribution in [0.2, 0.25) is 0 Å². The molecule has 0 amide bonds. The molecule has 2 atom stereocenters. The lowest BCUT2D eigenvalue weighted by molar-refractivity contribution is 0.406. The zero-order valence-electron chi connectivity index (χ0n) is 14.1. The maximum absolute atomic E-state index is 4.95. The SMILES string of the molecule is CC1CN(c2nc(-c3ccccc3)nc3ccccc23)CC(C)N1. The average molecular weight is 318 g/mol. The molecule has 0 radical (unpaired) electrons. The third-order valence-corrected chi connectivity index (χ3v) is 4.47. The number of fused-ring (bicyclic) bond motifs is 1. The standard InChI is InChI=1S/C20H22N4/c1-14-12-24(13-15(2)21-14)20-17-10-6-7-11-18(17)22-19(23-20)16-8-4-3-5-9-16/h3-11,14-15,21H,12-13H2,1-2H3. The molecular formula is C20H22N4. The lowest BCUT2D eigenvalue weighted by Crippen LogP contribution is -2.54. The number of hydrogen-bond donors (Lipinski definition) is 1. The summed E-state index contributed by atoms with van der Waals surface area (Å²) in [6, 6.07) is 19.4. The summed E-state index contributed by atoms with van der Waals surface area (Å²) in [7, 11) is 0. The summed E-state index contributed by atoms with van der Waals surface area (Å²) < 4.78 is 0. The predicted molar refractivity (Wildman–Crippen MR) is 99.2 cm³/mol. The Morgan fingerprint density at radius 3 is 2.29 bits per heavy atom. The van der Waals surface area contributed by atoms with E-state index in [1.165, 1.54) is 0 Å². The van der Waals surface area contributed by atoms with Crippen molar-refractivity contribution in [3.8, 4) is 11.4 Å². The summed E-state index contributed by atoms with van der Waals surface area (Å²) >= 11 is 0. The highest BCUT2D eigenvalue weighted by Crippen LogP contribution is 2.28. The first-order chi connectivity index (χ1) is 11.7. The van der Waals surface area contributed by atoms with E-state index in [2.05, 4.69) is 54.4 Å². The van der Waals surface area contributed by atoms with Gasteiger partial charge in [0.1, 0.15) is 5.82 Å². The van der Waals surface area contributed by atoms with Gasteiger partial charge in [0.05, 0.1) is 5.52 Å². The van der Waals surface area contributed by atoms with Crippen LogP contribution >= 0.6 is 0 Å². The van der Waals surface area contributed by atoms with Crippen molar-refractivity contribution in [1.29, 1.82) is 0 Å². The van der Waals surface area contributed by atoms with Gasteiger partial charge in [-0.15, -0.1) is 0 Å². The summed E-state index contributed by atoms with van der Waals surface area (Å²) in [6.07, 6.45) is 0. The molecule has 4 nitrogen and oxygen atoms in total. The lowest BCUT2D eigenvalue weighted by atomic mass is 10.1. The van der Waals surface area contributed by atoms with Crippen LogP contribution in [0, 0.1) is 0 Å². The van der Waals surface area contributed by atoms with Crippen molar-refractivity contribution in [3.63, 3.8) is 0 Å². The van der Waals surface area contributed by atoms with Crippen molar-refractivity contribution < 1.29 is 0 Å². The Kier molecular flexibility index (Phi) is 3.90. The van der Waals surface area contributed by atoms with Crippen LogP contribution in [-0.2, 0) is 0 Å². The first kappa shape index (κ1) is 15.1. The van der Waals surface area contributed by atoms with Crippen molar-refractivity contribution >= 4 is 16.7 Å². The molecule has 4 rings (SSSR count). The molecule has 2 aromatic carbocycles. The van der Waals surface area contributed by atoms with Crippen LogP contribution in [0.15, 0.2) is 54.6 Å². The molecule has 0 bridgehead atoms. The third-order valence-electron chi connectivity index (χ3n) is 4.47. The molecule has 122 valence electrons. The van der Waals surface area contributed by atoms with Crippen molar-refractivity contribution in [1.82, 2.24) is 15.3 Å². The van der Waals surface area contributed by atoms with E-state index in [1.54, 1.807) is 0 Å². The average Bonchev–Trinajstić information content (AvgIpc) is 2.60. The lowest BCUT2D eigenvalue weighted by Gasteiger charge is -2.37. The fourth-order valence-electron chi connectivity index (χ4n) is 3.52. The number of para-hydroxylation sites is 1. The number of nitrogens with zero attached hydrogens (tertiary/aromatic N) is 3. The van der Waals surface area contributed by atoms with Crippen LogP contribution in [0.1, 0.15) is 13.8 Å². The largest absolute Gasteiger partial charge is 0.353 e. The molecule has 2 unspecified atom stereocenters. The van der Waals surface area contributed by atoms with Crippen LogP contribution in [0.3, 0.4) is 0 Å². The fourth-order valence-corrected chi connectivity index (χ4v) is 3.52.